The van der Waals surface area contributed by atoms with Crippen molar-refractivity contribution in [2.75, 3.05) is 23.8 Å². The van der Waals surface area contributed by atoms with Gasteiger partial charge < -0.3 is 10.2 Å². The van der Waals surface area contributed by atoms with Gasteiger partial charge in [-0.1, -0.05) is 34.1 Å². The molecule has 0 saturated heterocycles. The van der Waals surface area contributed by atoms with Gasteiger partial charge in [-0.05, 0) is 48.2 Å². The van der Waals surface area contributed by atoms with Gasteiger partial charge in [-0.15, -0.1) is 0 Å². The molecule has 1 aliphatic heterocycles. The fourth-order valence-electron chi connectivity index (χ4n) is 2.71. The van der Waals surface area contributed by atoms with Crippen molar-refractivity contribution in [2.24, 2.45) is 0 Å². The van der Waals surface area contributed by atoms with Crippen LogP contribution in [0.1, 0.15) is 16.7 Å². The highest BCUT2D eigenvalue weighted by Gasteiger charge is 2.15. The Hall–Kier alpha value is -1.48. The summed E-state index contributed by atoms with van der Waals surface area (Å²) in [4.78, 5) is 2.32. The normalized spacial score (nSPS) is 13.4. The standard InChI is InChI=1S/C17H19BrN2/c1-12-3-5-15(18)10-16(12)19-11-13-4-6-17-14(9-13)7-8-20(17)2/h3-6,9-10,19H,7-8,11H2,1-2H3. The van der Waals surface area contributed by atoms with Crippen LogP contribution in [0.25, 0.3) is 0 Å². The fourth-order valence-corrected chi connectivity index (χ4v) is 3.07. The number of likely N-dealkylation sites (N-methyl/N-ethyl adjacent to an activating group) is 1. The van der Waals surface area contributed by atoms with Crippen molar-refractivity contribution in [2.45, 2.75) is 19.9 Å². The third kappa shape index (κ3) is 2.68. The van der Waals surface area contributed by atoms with Crippen LogP contribution in [0.15, 0.2) is 40.9 Å². The van der Waals surface area contributed by atoms with E-state index in [1.165, 1.54) is 28.1 Å². The second-order valence-corrected chi connectivity index (χ2v) is 6.36. The van der Waals surface area contributed by atoms with Crippen LogP contribution in [0.4, 0.5) is 11.4 Å². The molecule has 0 saturated carbocycles. The van der Waals surface area contributed by atoms with E-state index in [-0.39, 0.29) is 0 Å². The van der Waals surface area contributed by atoms with Gasteiger partial charge in [0.2, 0.25) is 0 Å². The lowest BCUT2D eigenvalue weighted by Gasteiger charge is -2.13. The van der Waals surface area contributed by atoms with Gasteiger partial charge in [-0.3, -0.25) is 0 Å². The summed E-state index contributed by atoms with van der Waals surface area (Å²) in [6.45, 7) is 4.14. The highest BCUT2D eigenvalue weighted by atomic mass is 79.9. The molecule has 0 aliphatic carbocycles. The number of nitrogens with one attached hydrogen (secondary N) is 1. The Morgan fingerprint density at radius 1 is 1.20 bits per heavy atom. The van der Waals surface area contributed by atoms with Crippen LogP contribution in [0, 0.1) is 6.92 Å². The number of hydrogen-bond donors (Lipinski definition) is 1. The summed E-state index contributed by atoms with van der Waals surface area (Å²) in [5.41, 5.74) is 6.66. The van der Waals surface area contributed by atoms with Gasteiger partial charge in [0.15, 0.2) is 0 Å². The van der Waals surface area contributed by atoms with Crippen molar-refractivity contribution >= 4 is 27.3 Å². The Kier molecular flexibility index (Phi) is 3.70. The second-order valence-electron chi connectivity index (χ2n) is 5.45. The molecule has 0 spiro atoms. The van der Waals surface area contributed by atoms with E-state index in [0.29, 0.717) is 0 Å². The Morgan fingerprint density at radius 3 is 2.90 bits per heavy atom. The zero-order valence-electron chi connectivity index (χ0n) is 11.9. The lowest BCUT2D eigenvalue weighted by Crippen LogP contribution is -2.12. The average molecular weight is 331 g/mol. The van der Waals surface area contributed by atoms with Crippen LogP contribution in [0.3, 0.4) is 0 Å². The van der Waals surface area contributed by atoms with Crippen LogP contribution in [0.2, 0.25) is 0 Å². The third-order valence-electron chi connectivity index (χ3n) is 3.95. The zero-order chi connectivity index (χ0) is 14.1. The van der Waals surface area contributed by atoms with E-state index in [1.807, 2.05) is 0 Å². The third-order valence-corrected chi connectivity index (χ3v) is 4.45. The summed E-state index contributed by atoms with van der Waals surface area (Å²) in [5, 5.41) is 3.53. The molecule has 104 valence electrons. The van der Waals surface area contributed by atoms with Gasteiger partial charge in [-0.25, -0.2) is 0 Å². The first-order valence-electron chi connectivity index (χ1n) is 6.96. The first-order valence-corrected chi connectivity index (χ1v) is 7.76. The Morgan fingerprint density at radius 2 is 2.05 bits per heavy atom. The lowest BCUT2D eigenvalue weighted by molar-refractivity contribution is 0.955. The smallest absolute Gasteiger partial charge is 0.0401 e. The fraction of sp³-hybridized carbons (Fsp3) is 0.294. The molecule has 0 atom stereocenters. The molecule has 0 aromatic heterocycles. The zero-order valence-corrected chi connectivity index (χ0v) is 13.5. The number of aryl methyl sites for hydroxylation is 1. The quantitative estimate of drug-likeness (QED) is 0.899. The number of fused-ring (bicyclic) bond motifs is 1. The van der Waals surface area contributed by atoms with Crippen molar-refractivity contribution in [3.63, 3.8) is 0 Å². The van der Waals surface area contributed by atoms with Gasteiger partial charge in [0.25, 0.3) is 0 Å². The second kappa shape index (κ2) is 5.49. The molecule has 0 radical (unpaired) electrons. The molecule has 1 N–H and O–H groups in total. The van der Waals surface area contributed by atoms with Crippen LogP contribution in [0.5, 0.6) is 0 Å². The maximum absolute atomic E-state index is 3.53. The van der Waals surface area contributed by atoms with Crippen molar-refractivity contribution in [3.05, 3.63) is 57.6 Å². The number of nitrogens with zero attached hydrogens (tertiary/aromatic N) is 1. The van der Waals surface area contributed by atoms with Gasteiger partial charge in [0, 0.05) is 36.0 Å². The molecule has 0 amide bonds. The molecule has 1 aliphatic rings. The summed E-state index contributed by atoms with van der Waals surface area (Å²) < 4.78 is 1.11. The van der Waals surface area contributed by atoms with E-state index in [4.69, 9.17) is 0 Å². The minimum Gasteiger partial charge on any atom is -0.381 e. The van der Waals surface area contributed by atoms with Gasteiger partial charge in [0.05, 0.1) is 0 Å². The lowest BCUT2D eigenvalue weighted by atomic mass is 10.1. The van der Waals surface area contributed by atoms with E-state index in [2.05, 4.69) is 76.5 Å². The number of halogens is 1. The average Bonchev–Trinajstić information content (AvgIpc) is 2.81. The number of anilines is 2. The molecule has 0 bridgehead atoms. The Labute approximate surface area is 128 Å². The highest BCUT2D eigenvalue weighted by molar-refractivity contribution is 9.10. The maximum Gasteiger partial charge on any atom is 0.0401 e. The number of hydrogen-bond acceptors (Lipinski definition) is 2. The summed E-state index contributed by atoms with van der Waals surface area (Å²) in [7, 11) is 2.16. The van der Waals surface area contributed by atoms with Gasteiger partial charge in [-0.2, -0.15) is 0 Å². The van der Waals surface area contributed by atoms with Gasteiger partial charge >= 0.3 is 0 Å². The van der Waals surface area contributed by atoms with Crippen molar-refractivity contribution in [3.8, 4) is 0 Å². The van der Waals surface area contributed by atoms with Crippen LogP contribution in [-0.4, -0.2) is 13.6 Å². The molecular formula is C17H19BrN2. The molecule has 1 heterocycles. The predicted octanol–water partition coefficient (Wildman–Crippen LogP) is 4.36. The minimum absolute atomic E-state index is 0.869. The highest BCUT2D eigenvalue weighted by Crippen LogP contribution is 2.28. The molecular weight excluding hydrogens is 312 g/mol. The number of benzene rings is 2. The first kappa shape index (κ1) is 13.5. The van der Waals surface area contributed by atoms with E-state index >= 15 is 0 Å². The Balaban J connectivity index is 1.74. The predicted molar refractivity (Wildman–Crippen MR) is 89.6 cm³/mol. The molecule has 2 aromatic rings. The summed E-state index contributed by atoms with van der Waals surface area (Å²) in [6, 6.07) is 13.1. The van der Waals surface area contributed by atoms with Gasteiger partial charge in [0.1, 0.15) is 0 Å². The molecule has 3 heteroatoms. The van der Waals surface area contributed by atoms with E-state index < -0.39 is 0 Å². The van der Waals surface area contributed by atoms with Crippen LogP contribution in [-0.2, 0) is 13.0 Å². The monoisotopic (exact) mass is 330 g/mol. The minimum atomic E-state index is 0.869. The Bertz CT molecular complexity index is 637. The molecule has 2 nitrogen and oxygen atoms in total. The van der Waals surface area contributed by atoms with Crippen molar-refractivity contribution < 1.29 is 0 Å². The SMILES string of the molecule is Cc1ccc(Br)cc1NCc1ccc2c(c1)CCN2C. The van der Waals surface area contributed by atoms with Crippen molar-refractivity contribution in [1.82, 2.24) is 0 Å². The number of rotatable bonds is 3. The van der Waals surface area contributed by atoms with E-state index in [1.54, 1.807) is 0 Å². The molecule has 20 heavy (non-hydrogen) atoms. The van der Waals surface area contributed by atoms with Crippen LogP contribution < -0.4 is 10.2 Å². The van der Waals surface area contributed by atoms with Crippen molar-refractivity contribution in [1.29, 1.82) is 0 Å². The summed E-state index contributed by atoms with van der Waals surface area (Å²) in [6.07, 6.45) is 1.16. The summed E-state index contributed by atoms with van der Waals surface area (Å²) in [5.74, 6) is 0. The largest absolute Gasteiger partial charge is 0.381 e. The summed E-state index contributed by atoms with van der Waals surface area (Å²) >= 11 is 3.52. The van der Waals surface area contributed by atoms with E-state index in [9.17, 15) is 0 Å². The topological polar surface area (TPSA) is 15.3 Å². The molecule has 0 fully saturated rings. The molecule has 0 unspecified atom stereocenters. The van der Waals surface area contributed by atoms with Crippen LogP contribution >= 0.6 is 15.9 Å². The maximum atomic E-state index is 3.53. The first-order chi connectivity index (χ1) is 9.63. The molecule has 3 rings (SSSR count). The molecule has 2 aromatic carbocycles. The van der Waals surface area contributed by atoms with E-state index in [0.717, 1.165) is 24.0 Å².